The van der Waals surface area contributed by atoms with Crippen LogP contribution in [0.2, 0.25) is 0 Å². The highest BCUT2D eigenvalue weighted by Crippen LogP contribution is 2.27. The van der Waals surface area contributed by atoms with Crippen molar-refractivity contribution in [1.29, 1.82) is 0 Å². The van der Waals surface area contributed by atoms with Gasteiger partial charge in [-0.25, -0.2) is 8.78 Å². The Balaban J connectivity index is 3.39. The Kier molecular flexibility index (Phi) is 3.86. The Morgan fingerprint density at radius 2 is 1.93 bits per heavy atom. The molecule has 0 heterocycles. The molecule has 1 aromatic rings. The monoisotopic (exact) mass is 230 g/mol. The lowest BCUT2D eigenvalue weighted by Crippen LogP contribution is -1.97. The quantitative estimate of drug-likeness (QED) is 0.698. The van der Waals surface area contributed by atoms with Crippen LogP contribution in [0.15, 0.2) is 12.1 Å². The van der Waals surface area contributed by atoms with Crippen molar-refractivity contribution >= 4 is 16.6 Å². The van der Waals surface area contributed by atoms with Crippen LogP contribution >= 0.6 is 11.6 Å². The van der Waals surface area contributed by atoms with Crippen molar-refractivity contribution in [2.24, 2.45) is 0 Å². The first-order chi connectivity index (χ1) is 6.99. The second kappa shape index (κ2) is 4.75. The van der Waals surface area contributed by atoms with Crippen LogP contribution in [0, 0.1) is 25.5 Å². The molecule has 0 aliphatic heterocycles. The van der Waals surface area contributed by atoms with Gasteiger partial charge in [0, 0.05) is 10.6 Å². The van der Waals surface area contributed by atoms with Crippen LogP contribution in [-0.4, -0.2) is 0 Å². The van der Waals surface area contributed by atoms with Gasteiger partial charge in [0.2, 0.25) is 0 Å². The maximum Gasteiger partial charge on any atom is 0.167 e. The first kappa shape index (κ1) is 12.2. The van der Waals surface area contributed by atoms with E-state index in [4.69, 9.17) is 11.6 Å². The number of hydrogen-bond donors (Lipinski definition) is 0. The third-order valence-corrected chi connectivity index (χ3v) is 2.71. The maximum absolute atomic E-state index is 13.5. The second-order valence-electron chi connectivity index (χ2n) is 3.45. The van der Waals surface area contributed by atoms with Crippen LogP contribution in [0.25, 0.3) is 5.03 Å². The summed E-state index contributed by atoms with van der Waals surface area (Å²) in [4.78, 5) is 0. The molecule has 15 heavy (non-hydrogen) atoms. The zero-order valence-electron chi connectivity index (χ0n) is 9.00. The highest BCUT2D eigenvalue weighted by molar-refractivity contribution is 6.48. The molecule has 0 nitrogen and oxygen atoms in total. The van der Waals surface area contributed by atoms with Gasteiger partial charge in [-0.1, -0.05) is 24.6 Å². The summed E-state index contributed by atoms with van der Waals surface area (Å²) in [5.41, 5.74) is 1.17. The molecule has 0 unspecified atom stereocenters. The van der Waals surface area contributed by atoms with Crippen molar-refractivity contribution < 1.29 is 8.78 Å². The number of hydrogen-bond acceptors (Lipinski definition) is 0. The molecule has 0 amide bonds. The Hall–Kier alpha value is -0.890. The Morgan fingerprint density at radius 3 is 2.47 bits per heavy atom. The normalized spacial score (nSPS) is 12.0. The lowest BCUT2D eigenvalue weighted by Gasteiger charge is -2.08. The summed E-state index contributed by atoms with van der Waals surface area (Å²) in [5.74, 6) is -1.68. The smallest absolute Gasteiger partial charge is 0.167 e. The summed E-state index contributed by atoms with van der Waals surface area (Å²) in [5, 5.41) is 0.261. The summed E-state index contributed by atoms with van der Waals surface area (Å²) in [6, 6.07) is 1.57. The van der Waals surface area contributed by atoms with E-state index in [-0.39, 0.29) is 10.6 Å². The fraction of sp³-hybridized carbons (Fsp3) is 0.333. The van der Waals surface area contributed by atoms with Gasteiger partial charge in [0.15, 0.2) is 11.6 Å². The van der Waals surface area contributed by atoms with Crippen LogP contribution in [0.3, 0.4) is 0 Å². The van der Waals surface area contributed by atoms with E-state index in [0.29, 0.717) is 17.5 Å². The molecular formula is C12H13ClF2. The van der Waals surface area contributed by atoms with Crippen LogP contribution in [0.4, 0.5) is 8.78 Å². The Bertz CT molecular complexity index is 409. The molecule has 0 aromatic heterocycles. The zero-order chi connectivity index (χ0) is 11.6. The number of halogens is 3. The predicted octanol–water partition coefficient (Wildman–Crippen LogP) is 4.57. The van der Waals surface area contributed by atoms with Gasteiger partial charge in [-0.15, -0.1) is 0 Å². The minimum absolute atomic E-state index is 0.138. The molecule has 0 saturated heterocycles. The molecule has 3 heteroatoms. The van der Waals surface area contributed by atoms with Crippen molar-refractivity contribution in [1.82, 2.24) is 0 Å². The third kappa shape index (κ3) is 2.37. The van der Waals surface area contributed by atoms with E-state index >= 15 is 0 Å². The molecule has 1 aromatic carbocycles. The average molecular weight is 231 g/mol. The molecule has 0 fully saturated rings. The van der Waals surface area contributed by atoms with E-state index in [1.807, 2.05) is 6.92 Å². The fourth-order valence-corrected chi connectivity index (χ4v) is 1.60. The third-order valence-electron chi connectivity index (χ3n) is 2.35. The van der Waals surface area contributed by atoms with Crippen molar-refractivity contribution in [3.63, 3.8) is 0 Å². The summed E-state index contributed by atoms with van der Waals surface area (Å²) in [6.07, 6.45) is 2.35. The van der Waals surface area contributed by atoms with E-state index in [2.05, 4.69) is 0 Å². The predicted molar refractivity (Wildman–Crippen MR) is 60.0 cm³/mol. The van der Waals surface area contributed by atoms with Crippen LogP contribution in [-0.2, 0) is 0 Å². The summed E-state index contributed by atoms with van der Waals surface area (Å²) in [6.45, 7) is 5.17. The van der Waals surface area contributed by atoms with E-state index in [1.165, 1.54) is 0 Å². The number of rotatable bonds is 2. The van der Waals surface area contributed by atoms with Gasteiger partial charge in [0.1, 0.15) is 0 Å². The Morgan fingerprint density at radius 1 is 1.33 bits per heavy atom. The average Bonchev–Trinajstić information content (AvgIpc) is 2.20. The lowest BCUT2D eigenvalue weighted by atomic mass is 10.0. The van der Waals surface area contributed by atoms with Gasteiger partial charge in [-0.05, 0) is 37.5 Å². The summed E-state index contributed by atoms with van der Waals surface area (Å²) < 4.78 is 26.9. The van der Waals surface area contributed by atoms with Crippen molar-refractivity contribution in [3.8, 4) is 0 Å². The zero-order valence-corrected chi connectivity index (χ0v) is 9.75. The standard InChI is InChI=1S/C12H13ClF2/c1-4-5-10(13)9-6-7(2)8(3)11(14)12(9)15/h5-6H,4H2,1-3H3/b10-5+. The van der Waals surface area contributed by atoms with Gasteiger partial charge in [-0.3, -0.25) is 0 Å². The minimum atomic E-state index is -0.868. The first-order valence-corrected chi connectivity index (χ1v) is 5.18. The Labute approximate surface area is 93.6 Å². The molecule has 0 saturated carbocycles. The molecule has 0 radical (unpaired) electrons. The van der Waals surface area contributed by atoms with E-state index < -0.39 is 11.6 Å². The fourth-order valence-electron chi connectivity index (χ4n) is 1.31. The molecule has 0 N–H and O–H groups in total. The molecule has 0 aliphatic rings. The van der Waals surface area contributed by atoms with E-state index in [9.17, 15) is 8.78 Å². The highest BCUT2D eigenvalue weighted by Gasteiger charge is 2.15. The van der Waals surface area contributed by atoms with Gasteiger partial charge in [0.05, 0.1) is 0 Å². The van der Waals surface area contributed by atoms with Crippen molar-refractivity contribution in [2.75, 3.05) is 0 Å². The summed E-state index contributed by atoms with van der Waals surface area (Å²) in [7, 11) is 0. The van der Waals surface area contributed by atoms with Crippen LogP contribution < -0.4 is 0 Å². The van der Waals surface area contributed by atoms with Gasteiger partial charge in [-0.2, -0.15) is 0 Å². The number of aryl methyl sites for hydroxylation is 1. The summed E-state index contributed by atoms with van der Waals surface area (Å²) >= 11 is 5.86. The maximum atomic E-state index is 13.5. The molecule has 0 spiro atoms. The second-order valence-corrected chi connectivity index (χ2v) is 3.86. The molecule has 1 rings (SSSR count). The largest absolute Gasteiger partial charge is 0.203 e. The van der Waals surface area contributed by atoms with E-state index in [0.717, 1.165) is 0 Å². The van der Waals surface area contributed by atoms with Gasteiger partial charge < -0.3 is 0 Å². The SMILES string of the molecule is CC/C=C(/Cl)c1cc(C)c(C)c(F)c1F. The van der Waals surface area contributed by atoms with Crippen molar-refractivity contribution in [3.05, 3.63) is 40.5 Å². The van der Waals surface area contributed by atoms with Crippen LogP contribution in [0.5, 0.6) is 0 Å². The van der Waals surface area contributed by atoms with E-state index in [1.54, 1.807) is 26.0 Å². The molecule has 0 bridgehead atoms. The van der Waals surface area contributed by atoms with Gasteiger partial charge in [0.25, 0.3) is 0 Å². The molecular weight excluding hydrogens is 218 g/mol. The topological polar surface area (TPSA) is 0 Å². The molecule has 0 aliphatic carbocycles. The number of allylic oxidation sites excluding steroid dienone is 1. The number of benzene rings is 1. The first-order valence-electron chi connectivity index (χ1n) is 4.80. The molecule has 0 atom stereocenters. The van der Waals surface area contributed by atoms with Gasteiger partial charge >= 0.3 is 0 Å². The highest BCUT2D eigenvalue weighted by atomic mass is 35.5. The van der Waals surface area contributed by atoms with Crippen LogP contribution in [0.1, 0.15) is 30.0 Å². The van der Waals surface area contributed by atoms with Crippen molar-refractivity contribution in [2.45, 2.75) is 27.2 Å². The minimum Gasteiger partial charge on any atom is -0.203 e. The lowest BCUT2D eigenvalue weighted by molar-refractivity contribution is 0.500. The molecule has 82 valence electrons.